The molecule has 2 atom stereocenters. The van der Waals surface area contributed by atoms with E-state index in [0.717, 1.165) is 12.8 Å². The maximum absolute atomic E-state index is 11.9. The van der Waals surface area contributed by atoms with Crippen LogP contribution >= 0.6 is 0 Å². The van der Waals surface area contributed by atoms with E-state index < -0.39 is 6.09 Å². The third kappa shape index (κ3) is 7.34. The van der Waals surface area contributed by atoms with Crippen molar-refractivity contribution in [2.24, 2.45) is 17.3 Å². The topological polar surface area (TPSA) is 67.4 Å². The molecule has 0 radical (unpaired) electrons. The Bertz CT molecular complexity index is 355. The fourth-order valence-corrected chi connectivity index (χ4v) is 3.58. The zero-order chi connectivity index (χ0) is 15.9. The average Bonchev–Trinajstić information content (AvgIpc) is 2.32. The Morgan fingerprint density at radius 2 is 1.86 bits per heavy atom. The van der Waals surface area contributed by atoms with E-state index in [1.54, 1.807) is 6.92 Å². The lowest BCUT2D eigenvalue weighted by molar-refractivity contribution is -0.122. The van der Waals surface area contributed by atoms with Crippen LogP contribution in [-0.4, -0.2) is 31.7 Å². The SMILES string of the molecule is CCOC(=O)NCCNC(=O)CC1CC(C)CC(C)(C)C1. The van der Waals surface area contributed by atoms with E-state index >= 15 is 0 Å². The molecule has 2 amide bonds. The van der Waals surface area contributed by atoms with Gasteiger partial charge in [0, 0.05) is 19.5 Å². The van der Waals surface area contributed by atoms with Crippen LogP contribution in [-0.2, 0) is 9.53 Å². The lowest BCUT2D eigenvalue weighted by Gasteiger charge is -2.38. The van der Waals surface area contributed by atoms with E-state index in [2.05, 4.69) is 31.4 Å². The zero-order valence-electron chi connectivity index (χ0n) is 13.8. The Morgan fingerprint density at radius 1 is 1.19 bits per heavy atom. The van der Waals surface area contributed by atoms with Gasteiger partial charge in [0.25, 0.3) is 0 Å². The van der Waals surface area contributed by atoms with Crippen LogP contribution in [0.5, 0.6) is 0 Å². The smallest absolute Gasteiger partial charge is 0.407 e. The fraction of sp³-hybridized carbons (Fsp3) is 0.875. The minimum absolute atomic E-state index is 0.0792. The molecule has 5 heteroatoms. The summed E-state index contributed by atoms with van der Waals surface area (Å²) in [6.45, 7) is 9.81. The first kappa shape index (κ1) is 17.8. The van der Waals surface area contributed by atoms with E-state index in [-0.39, 0.29) is 5.91 Å². The van der Waals surface area contributed by atoms with Gasteiger partial charge in [-0.05, 0) is 43.4 Å². The van der Waals surface area contributed by atoms with Gasteiger partial charge in [0.15, 0.2) is 0 Å². The van der Waals surface area contributed by atoms with Crippen molar-refractivity contribution < 1.29 is 14.3 Å². The molecule has 0 bridgehead atoms. The molecule has 0 aliphatic heterocycles. The second-order valence-corrected chi connectivity index (χ2v) is 6.98. The minimum Gasteiger partial charge on any atom is -0.450 e. The molecule has 2 N–H and O–H groups in total. The Kier molecular flexibility index (Phi) is 6.99. The van der Waals surface area contributed by atoms with Crippen LogP contribution in [0.15, 0.2) is 0 Å². The highest BCUT2D eigenvalue weighted by Crippen LogP contribution is 2.42. The molecule has 0 aromatic carbocycles. The maximum Gasteiger partial charge on any atom is 0.407 e. The molecule has 0 aromatic heterocycles. The number of ether oxygens (including phenoxy) is 1. The summed E-state index contributed by atoms with van der Waals surface area (Å²) in [6, 6.07) is 0. The number of alkyl carbamates (subject to hydrolysis) is 1. The van der Waals surface area contributed by atoms with Crippen molar-refractivity contribution >= 4 is 12.0 Å². The maximum atomic E-state index is 11.9. The second-order valence-electron chi connectivity index (χ2n) is 6.98. The third-order valence-electron chi connectivity index (χ3n) is 3.94. The van der Waals surface area contributed by atoms with E-state index in [0.29, 0.717) is 43.4 Å². The molecule has 1 rings (SSSR count). The number of amides is 2. The third-order valence-corrected chi connectivity index (χ3v) is 3.94. The molecule has 2 unspecified atom stereocenters. The van der Waals surface area contributed by atoms with Gasteiger partial charge in [-0.2, -0.15) is 0 Å². The van der Waals surface area contributed by atoms with Crippen LogP contribution in [0.3, 0.4) is 0 Å². The lowest BCUT2D eigenvalue weighted by atomic mass is 9.67. The summed E-state index contributed by atoms with van der Waals surface area (Å²) in [5, 5.41) is 5.45. The van der Waals surface area contributed by atoms with Crippen LogP contribution in [0.2, 0.25) is 0 Å². The van der Waals surface area contributed by atoms with Crippen LogP contribution in [0.1, 0.15) is 53.4 Å². The molecule has 1 fully saturated rings. The highest BCUT2D eigenvalue weighted by molar-refractivity contribution is 5.76. The Labute approximate surface area is 128 Å². The number of nitrogens with one attached hydrogen (secondary N) is 2. The van der Waals surface area contributed by atoms with Crippen LogP contribution in [0.4, 0.5) is 4.79 Å². The van der Waals surface area contributed by atoms with Gasteiger partial charge in [0.1, 0.15) is 0 Å². The van der Waals surface area contributed by atoms with Crippen LogP contribution in [0.25, 0.3) is 0 Å². The van der Waals surface area contributed by atoms with Crippen molar-refractivity contribution in [3.63, 3.8) is 0 Å². The van der Waals surface area contributed by atoms with Gasteiger partial charge in [-0.1, -0.05) is 20.8 Å². The largest absolute Gasteiger partial charge is 0.450 e. The summed E-state index contributed by atoms with van der Waals surface area (Å²) in [6.07, 6.45) is 3.65. The first-order chi connectivity index (χ1) is 9.82. The molecule has 5 nitrogen and oxygen atoms in total. The summed E-state index contributed by atoms with van der Waals surface area (Å²) >= 11 is 0. The van der Waals surface area contributed by atoms with Gasteiger partial charge in [0.2, 0.25) is 5.91 Å². The van der Waals surface area contributed by atoms with E-state index in [1.807, 2.05) is 0 Å². The van der Waals surface area contributed by atoms with Gasteiger partial charge in [-0.15, -0.1) is 0 Å². The zero-order valence-corrected chi connectivity index (χ0v) is 13.8. The van der Waals surface area contributed by atoms with Crippen molar-refractivity contribution in [1.29, 1.82) is 0 Å². The Balaban J connectivity index is 2.20. The fourth-order valence-electron chi connectivity index (χ4n) is 3.58. The number of hydrogen-bond acceptors (Lipinski definition) is 3. The van der Waals surface area contributed by atoms with Gasteiger partial charge >= 0.3 is 6.09 Å². The predicted octanol–water partition coefficient (Wildman–Crippen LogP) is 2.70. The lowest BCUT2D eigenvalue weighted by Crippen LogP contribution is -2.37. The Morgan fingerprint density at radius 3 is 2.48 bits per heavy atom. The molecule has 0 heterocycles. The van der Waals surface area contributed by atoms with Gasteiger partial charge in [-0.3, -0.25) is 4.79 Å². The normalized spacial score (nSPS) is 24.2. The van der Waals surface area contributed by atoms with E-state index in [1.165, 1.54) is 6.42 Å². The number of rotatable bonds is 6. The van der Waals surface area contributed by atoms with E-state index in [4.69, 9.17) is 4.74 Å². The minimum atomic E-state index is -0.436. The molecule has 1 saturated carbocycles. The second kappa shape index (κ2) is 8.25. The summed E-state index contributed by atoms with van der Waals surface area (Å²) in [5.74, 6) is 1.24. The summed E-state index contributed by atoms with van der Waals surface area (Å²) in [7, 11) is 0. The monoisotopic (exact) mass is 298 g/mol. The molecule has 0 spiro atoms. The average molecular weight is 298 g/mol. The van der Waals surface area contributed by atoms with Crippen LogP contribution in [0, 0.1) is 17.3 Å². The summed E-state index contributed by atoms with van der Waals surface area (Å²) in [4.78, 5) is 23.0. The molecule has 1 aliphatic rings. The first-order valence-corrected chi connectivity index (χ1v) is 7.99. The Hall–Kier alpha value is -1.26. The van der Waals surface area contributed by atoms with Gasteiger partial charge in [0.05, 0.1) is 6.61 Å². The van der Waals surface area contributed by atoms with Crippen LogP contribution < -0.4 is 10.6 Å². The molecule has 0 saturated heterocycles. The van der Waals surface area contributed by atoms with Crippen molar-refractivity contribution in [3.8, 4) is 0 Å². The molecule has 122 valence electrons. The summed E-state index contributed by atoms with van der Waals surface area (Å²) in [5.41, 5.74) is 0.341. The standard InChI is InChI=1S/C16H30N2O3/c1-5-21-15(20)18-7-6-17-14(19)9-13-8-12(2)10-16(3,4)11-13/h12-13H,5-11H2,1-4H3,(H,17,19)(H,18,20). The predicted molar refractivity (Wildman–Crippen MR) is 82.9 cm³/mol. The quantitative estimate of drug-likeness (QED) is 0.741. The number of carbonyl (C=O) groups excluding carboxylic acids is 2. The van der Waals surface area contributed by atoms with Crippen molar-refractivity contribution in [2.75, 3.05) is 19.7 Å². The number of carbonyl (C=O) groups is 2. The van der Waals surface area contributed by atoms with Crippen molar-refractivity contribution in [1.82, 2.24) is 10.6 Å². The van der Waals surface area contributed by atoms with Gasteiger partial charge in [-0.25, -0.2) is 4.79 Å². The number of hydrogen-bond donors (Lipinski definition) is 2. The first-order valence-electron chi connectivity index (χ1n) is 7.99. The summed E-state index contributed by atoms with van der Waals surface area (Å²) < 4.78 is 4.74. The van der Waals surface area contributed by atoms with Crippen molar-refractivity contribution in [2.45, 2.75) is 53.4 Å². The van der Waals surface area contributed by atoms with Crippen molar-refractivity contribution in [3.05, 3.63) is 0 Å². The van der Waals surface area contributed by atoms with E-state index in [9.17, 15) is 9.59 Å². The molecule has 1 aliphatic carbocycles. The molecule has 0 aromatic rings. The van der Waals surface area contributed by atoms with Gasteiger partial charge < -0.3 is 15.4 Å². The highest BCUT2D eigenvalue weighted by Gasteiger charge is 2.32. The molecular weight excluding hydrogens is 268 g/mol. The highest BCUT2D eigenvalue weighted by atomic mass is 16.5. The molecule has 21 heavy (non-hydrogen) atoms. The molecular formula is C16H30N2O3.